The van der Waals surface area contributed by atoms with Gasteiger partial charge in [-0.1, -0.05) is 29.8 Å². The molecule has 0 aromatic heterocycles. The summed E-state index contributed by atoms with van der Waals surface area (Å²) < 4.78 is 18.2. The second-order valence-corrected chi connectivity index (χ2v) is 6.24. The average Bonchev–Trinajstić information content (AvgIpc) is 2.58. The van der Waals surface area contributed by atoms with Crippen molar-refractivity contribution in [2.75, 3.05) is 18.9 Å². The molecule has 4 nitrogen and oxygen atoms in total. The number of benzene rings is 2. The highest BCUT2D eigenvalue weighted by Gasteiger charge is 2.13. The molecule has 2 aromatic carbocycles. The molecule has 1 N–H and O–H groups in total. The molecule has 2 aromatic rings. The molecule has 0 bridgehead atoms. The number of hydrogen-bond donors (Lipinski definition) is 1. The van der Waals surface area contributed by atoms with Gasteiger partial charge in [-0.2, -0.15) is 0 Å². The normalized spacial score (nSPS) is 10.2. The lowest BCUT2D eigenvalue weighted by atomic mass is 10.2. The highest BCUT2D eigenvalue weighted by molar-refractivity contribution is 7.99. The van der Waals surface area contributed by atoms with Gasteiger partial charge in [-0.25, -0.2) is 9.18 Å². The Bertz CT molecular complexity index is 704. The second-order valence-electron chi connectivity index (χ2n) is 5.07. The molecule has 24 heavy (non-hydrogen) atoms. The Balaban J connectivity index is 1.65. The summed E-state index contributed by atoms with van der Waals surface area (Å²) >= 11 is 1.62. The summed E-state index contributed by atoms with van der Waals surface area (Å²) in [4.78, 5) is 24.4. The van der Waals surface area contributed by atoms with Crippen LogP contribution in [0.5, 0.6) is 0 Å². The number of aryl methyl sites for hydroxylation is 1. The predicted octanol–water partition coefficient (Wildman–Crippen LogP) is 3.20. The number of rotatable bonds is 7. The smallest absolute Gasteiger partial charge is 0.341 e. The van der Waals surface area contributed by atoms with Gasteiger partial charge in [0, 0.05) is 17.2 Å². The molecule has 1 amide bonds. The van der Waals surface area contributed by atoms with Gasteiger partial charge in [0.15, 0.2) is 6.61 Å². The van der Waals surface area contributed by atoms with Gasteiger partial charge in [-0.3, -0.25) is 4.79 Å². The number of carbonyl (C=O) groups excluding carboxylic acids is 2. The van der Waals surface area contributed by atoms with Crippen LogP contribution in [0.25, 0.3) is 0 Å². The standard InChI is InChI=1S/C18H18FNO3S/c1-13-6-8-14(9-7-13)24-11-10-20-17(21)12-23-18(22)15-4-2-3-5-16(15)19/h2-9H,10-12H2,1H3,(H,20,21). The zero-order valence-corrected chi connectivity index (χ0v) is 14.1. The molecule has 0 saturated heterocycles. The Labute approximate surface area is 144 Å². The molecule has 0 aliphatic rings. The van der Waals surface area contributed by atoms with E-state index in [9.17, 15) is 14.0 Å². The van der Waals surface area contributed by atoms with Crippen molar-refractivity contribution in [2.24, 2.45) is 0 Å². The zero-order valence-electron chi connectivity index (χ0n) is 13.3. The maximum atomic E-state index is 13.4. The molecule has 0 spiro atoms. The van der Waals surface area contributed by atoms with Gasteiger partial charge in [0.2, 0.25) is 0 Å². The summed E-state index contributed by atoms with van der Waals surface area (Å²) in [5, 5.41) is 2.65. The Morgan fingerprint density at radius 3 is 2.54 bits per heavy atom. The van der Waals surface area contributed by atoms with E-state index in [1.807, 2.05) is 31.2 Å². The summed E-state index contributed by atoms with van der Waals surface area (Å²) in [6, 6.07) is 13.6. The largest absolute Gasteiger partial charge is 0.452 e. The van der Waals surface area contributed by atoms with Gasteiger partial charge in [-0.05, 0) is 31.2 Å². The van der Waals surface area contributed by atoms with E-state index in [0.29, 0.717) is 12.3 Å². The number of carbonyl (C=O) groups is 2. The fourth-order valence-electron chi connectivity index (χ4n) is 1.88. The third-order valence-electron chi connectivity index (χ3n) is 3.14. The number of ether oxygens (including phenoxy) is 1. The molecule has 0 atom stereocenters. The first kappa shape index (κ1) is 18.0. The number of thioether (sulfide) groups is 1. The zero-order chi connectivity index (χ0) is 17.4. The maximum absolute atomic E-state index is 13.4. The van der Waals surface area contributed by atoms with E-state index >= 15 is 0 Å². The van der Waals surface area contributed by atoms with Gasteiger partial charge < -0.3 is 10.1 Å². The number of hydrogen-bond acceptors (Lipinski definition) is 4. The van der Waals surface area contributed by atoms with Gasteiger partial charge >= 0.3 is 5.97 Å². The average molecular weight is 347 g/mol. The van der Waals surface area contributed by atoms with Crippen LogP contribution >= 0.6 is 11.8 Å². The van der Waals surface area contributed by atoms with Gasteiger partial charge in [0.05, 0.1) is 5.56 Å². The lowest BCUT2D eigenvalue weighted by molar-refractivity contribution is -0.124. The van der Waals surface area contributed by atoms with Gasteiger partial charge in [0.25, 0.3) is 5.91 Å². The Morgan fingerprint density at radius 1 is 1.12 bits per heavy atom. The topological polar surface area (TPSA) is 55.4 Å². The molecule has 126 valence electrons. The molecule has 0 aliphatic carbocycles. The van der Waals surface area contributed by atoms with Crippen molar-refractivity contribution in [3.05, 3.63) is 65.5 Å². The minimum Gasteiger partial charge on any atom is -0.452 e. The molecule has 0 aliphatic heterocycles. The van der Waals surface area contributed by atoms with Gasteiger partial charge in [0.1, 0.15) is 5.82 Å². The fourth-order valence-corrected chi connectivity index (χ4v) is 2.65. The third kappa shape index (κ3) is 5.70. The summed E-state index contributed by atoms with van der Waals surface area (Å²) in [7, 11) is 0. The number of esters is 1. The Hall–Kier alpha value is -2.34. The molecule has 0 fully saturated rings. The van der Waals surface area contributed by atoms with E-state index < -0.39 is 24.3 Å². The van der Waals surface area contributed by atoms with Crippen LogP contribution < -0.4 is 5.32 Å². The van der Waals surface area contributed by atoms with Gasteiger partial charge in [-0.15, -0.1) is 11.8 Å². The van der Waals surface area contributed by atoms with Crippen LogP contribution in [-0.4, -0.2) is 30.8 Å². The Morgan fingerprint density at radius 2 is 1.83 bits per heavy atom. The van der Waals surface area contributed by atoms with E-state index in [1.165, 1.54) is 29.8 Å². The molecule has 0 unspecified atom stereocenters. The van der Waals surface area contributed by atoms with E-state index in [0.717, 1.165) is 4.90 Å². The van der Waals surface area contributed by atoms with Crippen LogP contribution in [0.1, 0.15) is 15.9 Å². The van der Waals surface area contributed by atoms with Crippen LogP contribution in [0.2, 0.25) is 0 Å². The number of amides is 1. The molecule has 0 heterocycles. The Kier molecular flexibility index (Phi) is 6.81. The quantitative estimate of drug-likeness (QED) is 0.475. The number of nitrogens with one attached hydrogen (secondary N) is 1. The minimum absolute atomic E-state index is 0.180. The predicted molar refractivity (Wildman–Crippen MR) is 91.6 cm³/mol. The van der Waals surface area contributed by atoms with Crippen LogP contribution in [0.3, 0.4) is 0 Å². The third-order valence-corrected chi connectivity index (χ3v) is 4.16. The molecular formula is C18H18FNO3S. The van der Waals surface area contributed by atoms with Crippen molar-refractivity contribution in [2.45, 2.75) is 11.8 Å². The lowest BCUT2D eigenvalue weighted by Crippen LogP contribution is -2.30. The van der Waals surface area contributed by atoms with Crippen molar-refractivity contribution in [3.8, 4) is 0 Å². The summed E-state index contributed by atoms with van der Waals surface area (Å²) in [5.74, 6) is -1.23. The first-order valence-electron chi connectivity index (χ1n) is 7.44. The van der Waals surface area contributed by atoms with E-state index in [-0.39, 0.29) is 5.56 Å². The molecule has 2 rings (SSSR count). The summed E-state index contributed by atoms with van der Waals surface area (Å²) in [5.41, 5.74) is 1.02. The van der Waals surface area contributed by atoms with Crippen molar-refractivity contribution in [1.29, 1.82) is 0 Å². The highest BCUT2D eigenvalue weighted by Crippen LogP contribution is 2.17. The summed E-state index contributed by atoms with van der Waals surface area (Å²) in [6.45, 7) is 2.05. The molecular weight excluding hydrogens is 329 g/mol. The fraction of sp³-hybridized carbons (Fsp3) is 0.222. The van der Waals surface area contributed by atoms with Crippen LogP contribution in [0.4, 0.5) is 4.39 Å². The molecule has 0 saturated carbocycles. The summed E-state index contributed by atoms with van der Waals surface area (Å²) in [6.07, 6.45) is 0. The monoisotopic (exact) mass is 347 g/mol. The van der Waals surface area contributed by atoms with E-state index in [4.69, 9.17) is 4.74 Å². The van der Waals surface area contributed by atoms with Crippen LogP contribution in [-0.2, 0) is 9.53 Å². The number of halogens is 1. The van der Waals surface area contributed by atoms with E-state index in [1.54, 1.807) is 11.8 Å². The highest BCUT2D eigenvalue weighted by atomic mass is 32.2. The first-order valence-corrected chi connectivity index (χ1v) is 8.42. The van der Waals surface area contributed by atoms with Crippen LogP contribution in [0, 0.1) is 12.7 Å². The van der Waals surface area contributed by atoms with Crippen LogP contribution in [0.15, 0.2) is 53.4 Å². The van der Waals surface area contributed by atoms with Crippen molar-refractivity contribution in [1.82, 2.24) is 5.32 Å². The first-order chi connectivity index (χ1) is 11.6. The second kappa shape index (κ2) is 9.08. The molecule has 6 heteroatoms. The SMILES string of the molecule is Cc1ccc(SCCNC(=O)COC(=O)c2ccccc2F)cc1. The molecule has 0 radical (unpaired) electrons. The van der Waals surface area contributed by atoms with Crippen molar-refractivity contribution >= 4 is 23.6 Å². The van der Waals surface area contributed by atoms with Crippen molar-refractivity contribution in [3.63, 3.8) is 0 Å². The van der Waals surface area contributed by atoms with E-state index in [2.05, 4.69) is 5.32 Å². The minimum atomic E-state index is -0.850. The lowest BCUT2D eigenvalue weighted by Gasteiger charge is -2.07. The maximum Gasteiger partial charge on any atom is 0.341 e. The van der Waals surface area contributed by atoms with Crippen molar-refractivity contribution < 1.29 is 18.7 Å².